The fourth-order valence-corrected chi connectivity index (χ4v) is 3.49. The third-order valence-corrected chi connectivity index (χ3v) is 4.98. The van der Waals surface area contributed by atoms with Crippen LogP contribution in [0.3, 0.4) is 0 Å². The van der Waals surface area contributed by atoms with Crippen LogP contribution in [0.2, 0.25) is 0 Å². The molecular formula is C10H20F2N2O3S. The van der Waals surface area contributed by atoms with Crippen molar-refractivity contribution in [1.82, 2.24) is 0 Å². The van der Waals surface area contributed by atoms with Crippen molar-refractivity contribution in [3.8, 4) is 0 Å². The molecule has 0 radical (unpaired) electrons. The highest BCUT2D eigenvalue weighted by Crippen LogP contribution is 2.44. The molecule has 0 bridgehead atoms. The van der Waals surface area contributed by atoms with Crippen molar-refractivity contribution in [2.24, 2.45) is 11.7 Å². The van der Waals surface area contributed by atoms with E-state index in [1.54, 1.807) is 0 Å². The Kier molecular flexibility index (Phi) is 5.05. The minimum absolute atomic E-state index is 0.0328. The molecule has 0 amide bonds. The van der Waals surface area contributed by atoms with Gasteiger partial charge in [-0.1, -0.05) is 0 Å². The summed E-state index contributed by atoms with van der Waals surface area (Å²) < 4.78 is 44.5. The van der Waals surface area contributed by atoms with Crippen molar-refractivity contribution in [3.05, 3.63) is 0 Å². The van der Waals surface area contributed by atoms with Crippen molar-refractivity contribution in [3.63, 3.8) is 0 Å². The fraction of sp³-hybridized carbons (Fsp3) is 1.00. The second kappa shape index (κ2) is 5.77. The Bertz CT molecular complexity index is 365. The molecule has 108 valence electrons. The molecule has 18 heavy (non-hydrogen) atoms. The molecular weight excluding hydrogens is 266 g/mol. The maximum absolute atomic E-state index is 12.6. The summed E-state index contributed by atoms with van der Waals surface area (Å²) in [5, 5.41) is 17.5. The van der Waals surface area contributed by atoms with E-state index in [0.29, 0.717) is 6.42 Å². The zero-order valence-corrected chi connectivity index (χ0v) is 10.8. The Morgan fingerprint density at radius 3 is 2.39 bits per heavy atom. The second-order valence-electron chi connectivity index (χ2n) is 5.01. The van der Waals surface area contributed by atoms with Crippen molar-refractivity contribution < 1.29 is 23.2 Å². The van der Waals surface area contributed by atoms with E-state index in [4.69, 9.17) is 20.7 Å². The molecule has 1 aliphatic carbocycles. The van der Waals surface area contributed by atoms with Crippen LogP contribution in [0.15, 0.2) is 0 Å². The van der Waals surface area contributed by atoms with E-state index in [-0.39, 0.29) is 36.7 Å². The first kappa shape index (κ1) is 15.7. The minimum Gasteiger partial charge on any atom is -0.367 e. The third kappa shape index (κ3) is 5.13. The van der Waals surface area contributed by atoms with Crippen LogP contribution < -0.4 is 5.73 Å². The molecule has 0 aromatic rings. The first-order valence-electron chi connectivity index (χ1n) is 5.85. The van der Waals surface area contributed by atoms with Crippen LogP contribution >= 0.6 is 0 Å². The summed E-state index contributed by atoms with van der Waals surface area (Å²) in [6.45, 7) is 0. The average molecular weight is 286 g/mol. The zero-order valence-electron chi connectivity index (χ0n) is 10.0. The number of halogens is 2. The van der Waals surface area contributed by atoms with E-state index in [9.17, 15) is 13.0 Å². The van der Waals surface area contributed by atoms with Crippen LogP contribution in [0.5, 0.6) is 0 Å². The molecule has 0 aromatic heterocycles. The lowest BCUT2D eigenvalue weighted by Crippen LogP contribution is -2.37. The predicted molar refractivity (Wildman–Crippen MR) is 63.7 cm³/mol. The van der Waals surface area contributed by atoms with Gasteiger partial charge in [-0.2, -0.15) is 0 Å². The molecule has 0 heterocycles. The van der Waals surface area contributed by atoms with Gasteiger partial charge in [0.1, 0.15) is 0 Å². The summed E-state index contributed by atoms with van der Waals surface area (Å²) in [6.07, 6.45) is -1.63. The molecule has 1 fully saturated rings. The molecule has 1 rings (SSSR count). The third-order valence-electron chi connectivity index (χ3n) is 3.19. The summed E-state index contributed by atoms with van der Waals surface area (Å²) in [7, 11) is -2.87. The summed E-state index contributed by atoms with van der Waals surface area (Å²) in [5.74, 6) is -2.70. The summed E-state index contributed by atoms with van der Waals surface area (Å²) in [6, 6.07) is -0.927. The van der Waals surface area contributed by atoms with Crippen molar-refractivity contribution in [2.75, 3.05) is 11.5 Å². The van der Waals surface area contributed by atoms with Gasteiger partial charge in [0.15, 0.2) is 6.29 Å². The van der Waals surface area contributed by atoms with Gasteiger partial charge < -0.3 is 15.9 Å². The van der Waals surface area contributed by atoms with Gasteiger partial charge in [0.25, 0.3) is 0 Å². The lowest BCUT2D eigenvalue weighted by atomic mass is 9.80. The minimum atomic E-state index is -2.87. The van der Waals surface area contributed by atoms with Crippen LogP contribution in [0.1, 0.15) is 25.7 Å². The number of hydrogen-bond donors (Lipinski definition) is 4. The highest BCUT2D eigenvalue weighted by Gasteiger charge is 2.44. The fourth-order valence-electron chi connectivity index (χ4n) is 1.92. The molecule has 1 saturated carbocycles. The van der Waals surface area contributed by atoms with E-state index in [1.807, 2.05) is 0 Å². The normalized spacial score (nSPS) is 24.6. The molecule has 0 saturated heterocycles. The number of nitrogens with one attached hydrogen (secondary N) is 1. The number of aliphatic hydroxyl groups excluding tert-OH is 1. The summed E-state index contributed by atoms with van der Waals surface area (Å²) >= 11 is 0. The number of alkyl halides is 2. The van der Waals surface area contributed by atoms with Crippen LogP contribution in [-0.4, -0.2) is 44.2 Å². The summed E-state index contributed by atoms with van der Waals surface area (Å²) in [4.78, 5) is 0. The van der Waals surface area contributed by atoms with Gasteiger partial charge in [-0.3, -0.25) is 4.78 Å². The SMILES string of the molecule is N=S(=O)(CCC1CC(F)(F)C1)CCC(N)C(O)O. The lowest BCUT2D eigenvalue weighted by Gasteiger charge is -2.35. The first-order chi connectivity index (χ1) is 8.11. The van der Waals surface area contributed by atoms with Gasteiger partial charge in [-0.15, -0.1) is 0 Å². The van der Waals surface area contributed by atoms with Gasteiger partial charge in [0.05, 0.1) is 6.04 Å². The average Bonchev–Trinajstić information content (AvgIpc) is 2.20. The highest BCUT2D eigenvalue weighted by molar-refractivity contribution is 7.92. The van der Waals surface area contributed by atoms with E-state index in [2.05, 4.69) is 0 Å². The molecule has 0 spiro atoms. The van der Waals surface area contributed by atoms with Crippen LogP contribution in [0.25, 0.3) is 0 Å². The van der Waals surface area contributed by atoms with Gasteiger partial charge in [0, 0.05) is 34.1 Å². The standard InChI is InChI=1S/C10H20F2N2O3S/c11-10(12)5-7(6-10)1-3-18(14,17)4-2-8(13)9(15)16/h7-9,14-16H,1-6,13H2. The van der Waals surface area contributed by atoms with Crippen LogP contribution in [0, 0.1) is 10.7 Å². The maximum atomic E-state index is 12.6. The topological polar surface area (TPSA) is 107 Å². The number of nitrogens with two attached hydrogens (primary N) is 1. The molecule has 5 nitrogen and oxygen atoms in total. The van der Waals surface area contributed by atoms with Crippen LogP contribution in [0.4, 0.5) is 8.78 Å². The second-order valence-corrected chi connectivity index (χ2v) is 7.45. The molecule has 2 atom stereocenters. The van der Waals surface area contributed by atoms with E-state index < -0.39 is 28.0 Å². The molecule has 8 heteroatoms. The molecule has 0 aliphatic heterocycles. The first-order valence-corrected chi connectivity index (χ1v) is 7.75. The number of rotatable bonds is 7. The zero-order chi connectivity index (χ0) is 14.0. The van der Waals surface area contributed by atoms with Crippen molar-refractivity contribution >= 4 is 9.73 Å². The Labute approximate surface area is 105 Å². The van der Waals surface area contributed by atoms with Crippen molar-refractivity contribution in [2.45, 2.75) is 43.9 Å². The quantitative estimate of drug-likeness (QED) is 0.511. The number of aliphatic hydroxyl groups is 2. The monoisotopic (exact) mass is 286 g/mol. The van der Waals surface area contributed by atoms with Gasteiger partial charge in [-0.25, -0.2) is 13.0 Å². The largest absolute Gasteiger partial charge is 0.367 e. The van der Waals surface area contributed by atoms with E-state index in [0.717, 1.165) is 0 Å². The maximum Gasteiger partial charge on any atom is 0.248 e. The van der Waals surface area contributed by atoms with Crippen LogP contribution in [-0.2, 0) is 9.73 Å². The van der Waals surface area contributed by atoms with E-state index >= 15 is 0 Å². The van der Waals surface area contributed by atoms with Gasteiger partial charge in [0.2, 0.25) is 5.92 Å². The Morgan fingerprint density at radius 2 is 1.94 bits per heavy atom. The smallest absolute Gasteiger partial charge is 0.248 e. The molecule has 1 aliphatic rings. The van der Waals surface area contributed by atoms with Gasteiger partial charge >= 0.3 is 0 Å². The van der Waals surface area contributed by atoms with E-state index in [1.165, 1.54) is 0 Å². The number of hydrogen-bond acceptors (Lipinski definition) is 5. The Morgan fingerprint density at radius 1 is 1.39 bits per heavy atom. The molecule has 0 aromatic carbocycles. The highest BCUT2D eigenvalue weighted by atomic mass is 32.2. The molecule has 5 N–H and O–H groups in total. The summed E-state index contributed by atoms with van der Waals surface area (Å²) in [5.41, 5.74) is 5.34. The Hall–Kier alpha value is -0.310. The molecule has 2 unspecified atom stereocenters. The Balaban J connectivity index is 2.24. The predicted octanol–water partition coefficient (Wildman–Crippen LogP) is 0.497. The lowest BCUT2D eigenvalue weighted by molar-refractivity contribution is -0.110. The van der Waals surface area contributed by atoms with Gasteiger partial charge in [-0.05, 0) is 18.8 Å². The van der Waals surface area contributed by atoms with Crippen molar-refractivity contribution in [1.29, 1.82) is 4.78 Å².